The molecule has 0 N–H and O–H groups in total. The van der Waals surface area contributed by atoms with Gasteiger partial charge in [-0.15, -0.1) is 11.3 Å². The van der Waals surface area contributed by atoms with Crippen LogP contribution in [0.25, 0.3) is 16.4 Å². The van der Waals surface area contributed by atoms with Crippen molar-refractivity contribution in [2.45, 2.75) is 13.8 Å². The van der Waals surface area contributed by atoms with Gasteiger partial charge >= 0.3 is 0 Å². The first-order valence-corrected chi connectivity index (χ1v) is 7.76. The van der Waals surface area contributed by atoms with E-state index >= 15 is 0 Å². The minimum atomic E-state index is 0.591. The SMILES string of the molecule is COc1cc(C)c(C)cc1-c1csc(-n2cccc2C=O)n1. The van der Waals surface area contributed by atoms with E-state index in [-0.39, 0.29) is 0 Å². The van der Waals surface area contributed by atoms with Crippen LogP contribution in [-0.4, -0.2) is 22.9 Å². The van der Waals surface area contributed by atoms with Crippen molar-refractivity contribution in [1.29, 1.82) is 0 Å². The molecule has 22 heavy (non-hydrogen) atoms. The number of hydrogen-bond donors (Lipinski definition) is 0. The van der Waals surface area contributed by atoms with Gasteiger partial charge in [0.2, 0.25) is 0 Å². The number of aryl methyl sites for hydroxylation is 2. The highest BCUT2D eigenvalue weighted by Crippen LogP contribution is 2.34. The Morgan fingerprint density at radius 3 is 2.77 bits per heavy atom. The molecule has 0 saturated heterocycles. The van der Waals surface area contributed by atoms with Crippen molar-refractivity contribution in [2.24, 2.45) is 0 Å². The minimum absolute atomic E-state index is 0.591. The van der Waals surface area contributed by atoms with E-state index in [0.717, 1.165) is 28.4 Å². The average Bonchev–Trinajstić information content (AvgIpc) is 3.17. The monoisotopic (exact) mass is 312 g/mol. The van der Waals surface area contributed by atoms with Crippen LogP contribution in [0.3, 0.4) is 0 Å². The fourth-order valence-corrected chi connectivity index (χ4v) is 3.15. The van der Waals surface area contributed by atoms with E-state index in [2.05, 4.69) is 24.9 Å². The normalized spacial score (nSPS) is 10.7. The van der Waals surface area contributed by atoms with Gasteiger partial charge in [-0.05, 0) is 49.2 Å². The van der Waals surface area contributed by atoms with E-state index in [1.807, 2.05) is 23.7 Å². The summed E-state index contributed by atoms with van der Waals surface area (Å²) in [6.07, 6.45) is 2.67. The Bertz CT molecular complexity index is 833. The van der Waals surface area contributed by atoms with Crippen LogP contribution in [-0.2, 0) is 0 Å². The van der Waals surface area contributed by atoms with E-state index in [0.29, 0.717) is 5.69 Å². The molecular weight excluding hydrogens is 296 g/mol. The molecule has 4 nitrogen and oxygen atoms in total. The first-order chi connectivity index (χ1) is 10.6. The van der Waals surface area contributed by atoms with E-state index in [4.69, 9.17) is 4.74 Å². The zero-order valence-electron chi connectivity index (χ0n) is 12.7. The number of aromatic nitrogens is 2. The second kappa shape index (κ2) is 5.77. The van der Waals surface area contributed by atoms with Crippen LogP contribution in [0.2, 0.25) is 0 Å². The molecular formula is C17H16N2O2S. The number of nitrogens with zero attached hydrogens (tertiary/aromatic N) is 2. The van der Waals surface area contributed by atoms with E-state index in [1.54, 1.807) is 17.7 Å². The number of carbonyl (C=O) groups is 1. The van der Waals surface area contributed by atoms with E-state index < -0.39 is 0 Å². The summed E-state index contributed by atoms with van der Waals surface area (Å²) >= 11 is 1.50. The largest absolute Gasteiger partial charge is 0.496 e. The number of aldehydes is 1. The summed E-state index contributed by atoms with van der Waals surface area (Å²) in [7, 11) is 1.66. The maximum absolute atomic E-state index is 11.1. The highest BCUT2D eigenvalue weighted by Gasteiger charge is 2.13. The van der Waals surface area contributed by atoms with Gasteiger partial charge < -0.3 is 4.74 Å². The molecule has 0 radical (unpaired) electrons. The molecule has 0 bridgehead atoms. The maximum atomic E-state index is 11.1. The topological polar surface area (TPSA) is 44.1 Å². The van der Waals surface area contributed by atoms with Gasteiger partial charge in [0.15, 0.2) is 11.4 Å². The van der Waals surface area contributed by atoms with Crippen molar-refractivity contribution < 1.29 is 9.53 Å². The molecule has 0 fully saturated rings. The second-order valence-corrected chi connectivity index (χ2v) is 5.91. The van der Waals surface area contributed by atoms with Crippen LogP contribution in [0.15, 0.2) is 35.8 Å². The molecule has 0 aliphatic rings. The Balaban J connectivity index is 2.08. The smallest absolute Gasteiger partial charge is 0.194 e. The van der Waals surface area contributed by atoms with Crippen LogP contribution in [0.5, 0.6) is 5.75 Å². The summed E-state index contributed by atoms with van der Waals surface area (Å²) in [4.78, 5) is 15.7. The van der Waals surface area contributed by atoms with Crippen molar-refractivity contribution in [3.05, 3.63) is 52.7 Å². The molecule has 0 unspecified atom stereocenters. The third-order valence-corrected chi connectivity index (χ3v) is 4.53. The van der Waals surface area contributed by atoms with Crippen molar-refractivity contribution in [2.75, 3.05) is 7.11 Å². The summed E-state index contributed by atoms with van der Waals surface area (Å²) in [5, 5.41) is 2.75. The molecule has 0 saturated carbocycles. The Labute approximate surface area is 133 Å². The second-order valence-electron chi connectivity index (χ2n) is 5.07. The van der Waals surface area contributed by atoms with Crippen LogP contribution >= 0.6 is 11.3 Å². The molecule has 2 aromatic heterocycles. The molecule has 0 amide bonds. The van der Waals surface area contributed by atoms with Crippen LogP contribution < -0.4 is 4.74 Å². The zero-order valence-corrected chi connectivity index (χ0v) is 13.5. The number of hydrogen-bond acceptors (Lipinski definition) is 4. The summed E-state index contributed by atoms with van der Waals surface area (Å²) in [5.74, 6) is 0.808. The van der Waals surface area contributed by atoms with Crippen molar-refractivity contribution in [3.63, 3.8) is 0 Å². The molecule has 3 rings (SSSR count). The average molecular weight is 312 g/mol. The summed E-state index contributed by atoms with van der Waals surface area (Å²) in [6, 6.07) is 7.71. The van der Waals surface area contributed by atoms with Crippen molar-refractivity contribution in [1.82, 2.24) is 9.55 Å². The lowest BCUT2D eigenvalue weighted by molar-refractivity contribution is 0.111. The van der Waals surface area contributed by atoms with Gasteiger partial charge in [-0.1, -0.05) is 0 Å². The van der Waals surface area contributed by atoms with E-state index in [1.165, 1.54) is 22.5 Å². The summed E-state index contributed by atoms with van der Waals surface area (Å²) < 4.78 is 7.27. The minimum Gasteiger partial charge on any atom is -0.496 e. The molecule has 112 valence electrons. The quantitative estimate of drug-likeness (QED) is 0.683. The highest BCUT2D eigenvalue weighted by molar-refractivity contribution is 7.12. The third kappa shape index (κ3) is 2.44. The van der Waals surface area contributed by atoms with Crippen molar-refractivity contribution >= 4 is 17.6 Å². The molecule has 0 aliphatic carbocycles. The molecule has 0 spiro atoms. The summed E-state index contributed by atoms with van der Waals surface area (Å²) in [5.41, 5.74) is 4.79. The lowest BCUT2D eigenvalue weighted by Crippen LogP contribution is -1.97. The standard InChI is InChI=1S/C17H16N2O2S/c1-11-7-14(16(21-3)8-12(11)2)15-10-22-17(18-15)19-6-4-5-13(19)9-20/h4-10H,1-3H3. The fourth-order valence-electron chi connectivity index (χ4n) is 2.32. The van der Waals surface area contributed by atoms with Gasteiger partial charge in [-0.3, -0.25) is 9.36 Å². The Hall–Kier alpha value is -2.40. The fraction of sp³-hybridized carbons (Fsp3) is 0.176. The maximum Gasteiger partial charge on any atom is 0.194 e. The summed E-state index contributed by atoms with van der Waals surface area (Å²) in [6.45, 7) is 4.13. The van der Waals surface area contributed by atoms with Gasteiger partial charge in [0, 0.05) is 17.1 Å². The Morgan fingerprint density at radius 2 is 2.05 bits per heavy atom. The Kier molecular flexibility index (Phi) is 3.81. The lowest BCUT2D eigenvalue weighted by Gasteiger charge is -2.10. The predicted octanol–water partition coefficient (Wildman–Crippen LogP) is 4.04. The molecule has 0 aliphatic heterocycles. The number of benzene rings is 1. The van der Waals surface area contributed by atoms with Gasteiger partial charge in [0.05, 0.1) is 18.5 Å². The molecule has 3 aromatic rings. The molecule has 1 aromatic carbocycles. The number of ether oxygens (including phenoxy) is 1. The zero-order chi connectivity index (χ0) is 15.7. The number of thiazole rings is 1. The lowest BCUT2D eigenvalue weighted by atomic mass is 10.0. The number of rotatable bonds is 4. The molecule has 5 heteroatoms. The van der Waals surface area contributed by atoms with Gasteiger partial charge in [-0.2, -0.15) is 0 Å². The van der Waals surface area contributed by atoms with Gasteiger partial charge in [0.25, 0.3) is 0 Å². The van der Waals surface area contributed by atoms with Gasteiger partial charge in [-0.25, -0.2) is 4.98 Å². The first-order valence-electron chi connectivity index (χ1n) is 6.88. The predicted molar refractivity (Wildman–Crippen MR) is 88.3 cm³/mol. The first kappa shape index (κ1) is 14.5. The Morgan fingerprint density at radius 1 is 1.27 bits per heavy atom. The van der Waals surface area contributed by atoms with Crippen molar-refractivity contribution in [3.8, 4) is 22.1 Å². The van der Waals surface area contributed by atoms with E-state index in [9.17, 15) is 4.79 Å². The number of carbonyl (C=O) groups excluding carboxylic acids is 1. The third-order valence-electron chi connectivity index (χ3n) is 3.69. The highest BCUT2D eigenvalue weighted by atomic mass is 32.1. The molecule has 0 atom stereocenters. The van der Waals surface area contributed by atoms with Crippen LogP contribution in [0.1, 0.15) is 21.6 Å². The molecule has 2 heterocycles. The van der Waals surface area contributed by atoms with Crippen LogP contribution in [0.4, 0.5) is 0 Å². The van der Waals surface area contributed by atoms with Gasteiger partial charge in [0.1, 0.15) is 5.75 Å². The number of methoxy groups -OCH3 is 1. The van der Waals surface area contributed by atoms with Crippen LogP contribution in [0, 0.1) is 13.8 Å².